The van der Waals surface area contributed by atoms with Crippen LogP contribution in [-0.4, -0.2) is 63.7 Å². The number of ether oxygens (including phenoxy) is 1. The molecule has 4 heterocycles. The van der Waals surface area contributed by atoms with Crippen molar-refractivity contribution in [1.82, 2.24) is 24.4 Å². The van der Waals surface area contributed by atoms with E-state index in [9.17, 15) is 4.79 Å². The summed E-state index contributed by atoms with van der Waals surface area (Å²) in [6.45, 7) is 2.75. The van der Waals surface area contributed by atoms with Crippen molar-refractivity contribution in [2.24, 2.45) is 4.99 Å². The summed E-state index contributed by atoms with van der Waals surface area (Å²) in [6, 6.07) is 0. The van der Waals surface area contributed by atoms with Gasteiger partial charge in [0, 0.05) is 32.3 Å². The topological polar surface area (TPSA) is 116 Å². The molecule has 0 aliphatic carbocycles. The van der Waals surface area contributed by atoms with Gasteiger partial charge in [0.05, 0.1) is 25.0 Å². The van der Waals surface area contributed by atoms with E-state index in [4.69, 9.17) is 30.1 Å². The van der Waals surface area contributed by atoms with E-state index in [1.807, 2.05) is 14.1 Å². The molecule has 1 N–H and O–H groups in total. The molecule has 0 bridgehead atoms. The summed E-state index contributed by atoms with van der Waals surface area (Å²) in [5.41, 5.74) is 0.210. The molecule has 2 aliphatic heterocycles. The number of H-pyrrole nitrogens is 1. The minimum absolute atomic E-state index is 0.179. The molecule has 0 aromatic carbocycles. The number of aromatic nitrogens is 4. The highest BCUT2D eigenvalue weighted by Gasteiger charge is 2.46. The third kappa shape index (κ3) is 4.12. The molecule has 2 aromatic rings. The molecule has 2 aromatic heterocycles. The minimum atomic E-state index is -2.89. The standard InChI is InChI=1S/C16H21N6O5PS/c1-9(2)26-28(29)24-6-11-10(27-28)5-12(25-11)22-8-17-13-14(22)19-16(20-15(13)23)18-7-21(3)4/h7-8,10-12H,1,5-6H2,2-4H3,(H,19,20,23)/b18-7+/t10?,11-,12-,28?/m1/s1. The van der Waals surface area contributed by atoms with Gasteiger partial charge in [-0.15, -0.1) is 0 Å². The Bertz CT molecular complexity index is 1080. The van der Waals surface area contributed by atoms with Gasteiger partial charge in [-0.2, -0.15) is 4.98 Å². The Morgan fingerprint density at radius 3 is 3.07 bits per heavy atom. The molecular formula is C16H21N6O5PS. The Balaban J connectivity index is 1.60. The first-order chi connectivity index (χ1) is 13.7. The molecule has 0 amide bonds. The zero-order valence-electron chi connectivity index (χ0n) is 16.1. The number of nitrogens with zero attached hydrogens (tertiary/aromatic N) is 5. The maximum Gasteiger partial charge on any atom is 0.380 e. The van der Waals surface area contributed by atoms with Crippen LogP contribution < -0.4 is 5.56 Å². The van der Waals surface area contributed by atoms with Gasteiger partial charge in [-0.1, -0.05) is 6.58 Å². The van der Waals surface area contributed by atoms with Crippen molar-refractivity contribution in [2.75, 3.05) is 20.7 Å². The highest BCUT2D eigenvalue weighted by Crippen LogP contribution is 2.58. The fourth-order valence-electron chi connectivity index (χ4n) is 3.09. The summed E-state index contributed by atoms with van der Waals surface area (Å²) in [7, 11) is 3.64. The zero-order chi connectivity index (χ0) is 20.8. The summed E-state index contributed by atoms with van der Waals surface area (Å²) < 4.78 is 24.8. The number of aliphatic imine (C=N–C) groups is 1. The molecule has 4 rings (SSSR count). The number of aromatic amines is 1. The molecule has 2 fully saturated rings. The number of rotatable bonds is 5. The molecular weight excluding hydrogens is 419 g/mol. The number of allylic oxidation sites excluding steroid dienone is 1. The maximum atomic E-state index is 12.3. The molecule has 0 saturated carbocycles. The van der Waals surface area contributed by atoms with E-state index in [2.05, 4.69) is 26.5 Å². The van der Waals surface area contributed by atoms with Crippen LogP contribution >= 0.6 is 6.72 Å². The molecule has 2 unspecified atom stereocenters. The molecule has 0 spiro atoms. The highest BCUT2D eigenvalue weighted by atomic mass is 32.5. The fraction of sp³-hybridized carbons (Fsp3) is 0.500. The van der Waals surface area contributed by atoms with Crippen LogP contribution in [0.5, 0.6) is 0 Å². The van der Waals surface area contributed by atoms with Crippen molar-refractivity contribution in [3.8, 4) is 0 Å². The van der Waals surface area contributed by atoms with Gasteiger partial charge in [0.2, 0.25) is 5.95 Å². The molecule has 2 aliphatic rings. The van der Waals surface area contributed by atoms with E-state index < -0.39 is 12.9 Å². The molecule has 4 atom stereocenters. The van der Waals surface area contributed by atoms with Crippen molar-refractivity contribution < 1.29 is 18.3 Å². The number of imidazole rings is 1. The lowest BCUT2D eigenvalue weighted by Gasteiger charge is -2.32. The normalized spacial score (nSPS) is 29.3. The smallest absolute Gasteiger partial charge is 0.380 e. The molecule has 156 valence electrons. The summed E-state index contributed by atoms with van der Waals surface area (Å²) >= 11 is 5.39. The van der Waals surface area contributed by atoms with Crippen LogP contribution in [0.3, 0.4) is 0 Å². The van der Waals surface area contributed by atoms with E-state index in [1.54, 1.807) is 22.7 Å². The number of hydrogen-bond donors (Lipinski definition) is 1. The third-order valence-electron chi connectivity index (χ3n) is 4.25. The van der Waals surface area contributed by atoms with E-state index in [1.165, 1.54) is 6.33 Å². The van der Waals surface area contributed by atoms with Gasteiger partial charge in [0.25, 0.3) is 5.56 Å². The lowest BCUT2D eigenvalue weighted by atomic mass is 10.2. The van der Waals surface area contributed by atoms with Crippen LogP contribution in [0.1, 0.15) is 19.6 Å². The van der Waals surface area contributed by atoms with Gasteiger partial charge in [0.1, 0.15) is 18.4 Å². The Morgan fingerprint density at radius 1 is 1.55 bits per heavy atom. The van der Waals surface area contributed by atoms with E-state index in [0.29, 0.717) is 17.8 Å². The Morgan fingerprint density at radius 2 is 2.34 bits per heavy atom. The summed E-state index contributed by atoms with van der Waals surface area (Å²) in [5.74, 6) is 0.621. The second-order valence-electron chi connectivity index (χ2n) is 6.97. The number of hydrogen-bond acceptors (Lipinski definition) is 9. The number of fused-ring (bicyclic) bond motifs is 2. The van der Waals surface area contributed by atoms with Crippen LogP contribution in [0.2, 0.25) is 0 Å². The van der Waals surface area contributed by atoms with Crippen LogP contribution in [-0.2, 0) is 30.1 Å². The first-order valence-corrected chi connectivity index (χ1v) is 11.4. The summed E-state index contributed by atoms with van der Waals surface area (Å²) in [5, 5.41) is 0. The molecule has 13 heteroatoms. The second kappa shape index (κ2) is 7.62. The first kappa shape index (κ1) is 20.2. The van der Waals surface area contributed by atoms with E-state index in [0.717, 1.165) is 0 Å². The van der Waals surface area contributed by atoms with Crippen LogP contribution in [0, 0.1) is 0 Å². The number of nitrogens with one attached hydrogen (secondary N) is 1. The summed E-state index contributed by atoms with van der Waals surface area (Å²) in [6.07, 6.45) is 2.51. The SMILES string of the molecule is C=C(C)OP1(=S)OC[C@H]2O[C@@H](n3cnc4c(=O)[nH]c(/N=C/N(C)C)nc43)CC2O1. The predicted molar refractivity (Wildman–Crippen MR) is 110 cm³/mol. The van der Waals surface area contributed by atoms with Crippen molar-refractivity contribution in [1.29, 1.82) is 0 Å². The van der Waals surface area contributed by atoms with Crippen molar-refractivity contribution in [2.45, 2.75) is 31.8 Å². The molecule has 0 radical (unpaired) electrons. The monoisotopic (exact) mass is 440 g/mol. The fourth-order valence-corrected chi connectivity index (χ4v) is 5.41. The Kier molecular flexibility index (Phi) is 5.30. The van der Waals surface area contributed by atoms with Gasteiger partial charge in [-0.3, -0.25) is 23.4 Å². The quantitative estimate of drug-likeness (QED) is 0.322. The van der Waals surface area contributed by atoms with Crippen LogP contribution in [0.15, 0.2) is 28.5 Å². The first-order valence-electron chi connectivity index (χ1n) is 8.85. The Hall–Kier alpha value is -2.11. The Labute approximate surface area is 171 Å². The lowest BCUT2D eigenvalue weighted by molar-refractivity contribution is -0.0589. The zero-order valence-corrected chi connectivity index (χ0v) is 17.9. The highest BCUT2D eigenvalue weighted by molar-refractivity contribution is 8.07. The van der Waals surface area contributed by atoms with Gasteiger partial charge >= 0.3 is 6.72 Å². The van der Waals surface area contributed by atoms with Gasteiger partial charge in [-0.25, -0.2) is 9.98 Å². The van der Waals surface area contributed by atoms with Crippen LogP contribution in [0.4, 0.5) is 5.95 Å². The molecule has 2 saturated heterocycles. The lowest BCUT2D eigenvalue weighted by Crippen LogP contribution is -2.33. The summed E-state index contributed by atoms with van der Waals surface area (Å²) in [4.78, 5) is 29.4. The van der Waals surface area contributed by atoms with Gasteiger partial charge in [0.15, 0.2) is 11.2 Å². The van der Waals surface area contributed by atoms with E-state index in [-0.39, 0.29) is 35.8 Å². The third-order valence-corrected chi connectivity index (χ3v) is 6.58. The average molecular weight is 440 g/mol. The molecule has 29 heavy (non-hydrogen) atoms. The van der Waals surface area contributed by atoms with Crippen molar-refractivity contribution in [3.63, 3.8) is 0 Å². The van der Waals surface area contributed by atoms with Gasteiger partial charge in [-0.05, 0) is 6.92 Å². The largest absolute Gasteiger partial charge is 0.430 e. The second-order valence-corrected chi connectivity index (χ2v) is 9.85. The van der Waals surface area contributed by atoms with Crippen LogP contribution in [0.25, 0.3) is 11.2 Å². The average Bonchev–Trinajstić information content (AvgIpc) is 3.22. The van der Waals surface area contributed by atoms with Crippen molar-refractivity contribution >= 4 is 42.0 Å². The maximum absolute atomic E-state index is 12.3. The predicted octanol–water partition coefficient (Wildman–Crippen LogP) is 1.82. The van der Waals surface area contributed by atoms with Crippen molar-refractivity contribution in [3.05, 3.63) is 29.0 Å². The van der Waals surface area contributed by atoms with Gasteiger partial charge < -0.3 is 14.2 Å². The van der Waals surface area contributed by atoms with E-state index >= 15 is 0 Å². The minimum Gasteiger partial charge on any atom is -0.430 e. The molecule has 11 nitrogen and oxygen atoms in total.